The predicted octanol–water partition coefficient (Wildman–Crippen LogP) is 1.94. The number of fused-ring (bicyclic) bond motifs is 1. The molecule has 0 aromatic carbocycles. The molecule has 1 aliphatic heterocycles. The predicted molar refractivity (Wildman–Crippen MR) is 49.4 cm³/mol. The van der Waals surface area contributed by atoms with E-state index in [9.17, 15) is 0 Å². The molecule has 0 spiro atoms. The molecule has 0 unspecified atom stereocenters. The number of rotatable bonds is 1. The van der Waals surface area contributed by atoms with Crippen LogP contribution in [-0.2, 0) is 18.0 Å². The van der Waals surface area contributed by atoms with Gasteiger partial charge in [-0.25, -0.2) is 0 Å². The fourth-order valence-corrected chi connectivity index (χ4v) is 1.69. The third kappa shape index (κ3) is 1.33. The van der Waals surface area contributed by atoms with Crippen molar-refractivity contribution in [2.75, 3.05) is 0 Å². The summed E-state index contributed by atoms with van der Waals surface area (Å²) in [6.45, 7) is 7.68. The second kappa shape index (κ2) is 3.07. The largest absolute Gasteiger partial charge is 0.372 e. The van der Waals surface area contributed by atoms with Gasteiger partial charge in [-0.3, -0.25) is 0 Å². The molecule has 70 valence electrons. The van der Waals surface area contributed by atoms with Crippen LogP contribution in [0.3, 0.4) is 0 Å². The number of nitrogens with zero attached hydrogens (tertiary/aromatic N) is 2. The topological polar surface area (TPSA) is 35.0 Å². The zero-order valence-corrected chi connectivity index (χ0v) is 8.29. The quantitative estimate of drug-likeness (QED) is 0.659. The van der Waals surface area contributed by atoms with Gasteiger partial charge in [-0.15, -0.1) is 0 Å². The van der Waals surface area contributed by atoms with Crippen molar-refractivity contribution in [3.63, 3.8) is 0 Å². The second-order valence-corrected chi connectivity index (χ2v) is 3.78. The highest BCUT2D eigenvalue weighted by molar-refractivity contribution is 5.35. The van der Waals surface area contributed by atoms with E-state index in [-0.39, 0.29) is 0 Å². The standard InChI is InChI=1S/C10H14N2O/c1-6(2)10-9-5-13-4-8(9)7(3)11-12-10/h6H,4-5H2,1-3H3. The van der Waals surface area contributed by atoms with E-state index in [1.807, 2.05) is 6.92 Å². The van der Waals surface area contributed by atoms with Gasteiger partial charge in [0, 0.05) is 11.1 Å². The summed E-state index contributed by atoms with van der Waals surface area (Å²) in [6.07, 6.45) is 0. The number of hydrogen-bond donors (Lipinski definition) is 0. The van der Waals surface area contributed by atoms with Crippen molar-refractivity contribution in [1.29, 1.82) is 0 Å². The lowest BCUT2D eigenvalue weighted by molar-refractivity contribution is 0.134. The molecule has 0 radical (unpaired) electrons. The summed E-state index contributed by atoms with van der Waals surface area (Å²) in [5.74, 6) is 0.434. The minimum absolute atomic E-state index is 0.434. The van der Waals surface area contributed by atoms with Crippen LogP contribution in [0.4, 0.5) is 0 Å². The molecule has 0 saturated carbocycles. The Morgan fingerprint density at radius 1 is 1.15 bits per heavy atom. The Kier molecular flexibility index (Phi) is 2.04. The van der Waals surface area contributed by atoms with E-state index in [1.54, 1.807) is 0 Å². The Labute approximate surface area is 78.1 Å². The molecule has 2 rings (SSSR count). The summed E-state index contributed by atoms with van der Waals surface area (Å²) >= 11 is 0. The molecular formula is C10H14N2O. The van der Waals surface area contributed by atoms with Gasteiger partial charge in [-0.2, -0.15) is 10.2 Å². The van der Waals surface area contributed by atoms with E-state index < -0.39 is 0 Å². The van der Waals surface area contributed by atoms with E-state index in [4.69, 9.17) is 4.74 Å². The van der Waals surface area contributed by atoms with Crippen LogP contribution in [0.1, 0.15) is 42.3 Å². The molecule has 13 heavy (non-hydrogen) atoms. The molecule has 1 aliphatic rings. The molecule has 1 aromatic heterocycles. The van der Waals surface area contributed by atoms with Crippen LogP contribution in [0.2, 0.25) is 0 Å². The molecule has 3 heteroatoms. The van der Waals surface area contributed by atoms with Crippen molar-refractivity contribution in [3.8, 4) is 0 Å². The third-order valence-corrected chi connectivity index (χ3v) is 2.46. The number of ether oxygens (including phenoxy) is 1. The van der Waals surface area contributed by atoms with Gasteiger partial charge in [-0.1, -0.05) is 13.8 Å². The molecule has 0 fully saturated rings. The van der Waals surface area contributed by atoms with Gasteiger partial charge >= 0.3 is 0 Å². The SMILES string of the molecule is Cc1nnc(C(C)C)c2c1COC2. The Balaban J connectivity index is 2.56. The Morgan fingerprint density at radius 3 is 2.54 bits per heavy atom. The van der Waals surface area contributed by atoms with Gasteiger partial charge in [0.15, 0.2) is 0 Å². The van der Waals surface area contributed by atoms with Crippen molar-refractivity contribution in [2.45, 2.75) is 39.9 Å². The molecule has 0 atom stereocenters. The maximum Gasteiger partial charge on any atom is 0.0744 e. The van der Waals surface area contributed by atoms with Crippen LogP contribution < -0.4 is 0 Å². The molecule has 1 aromatic rings. The summed E-state index contributed by atoms with van der Waals surface area (Å²) in [5, 5.41) is 8.36. The number of aromatic nitrogens is 2. The zero-order valence-electron chi connectivity index (χ0n) is 8.29. The number of aryl methyl sites for hydroxylation is 1. The molecule has 0 bridgehead atoms. The lowest BCUT2D eigenvalue weighted by atomic mass is 10.0. The van der Waals surface area contributed by atoms with Crippen LogP contribution in [-0.4, -0.2) is 10.2 Å². The van der Waals surface area contributed by atoms with Gasteiger partial charge < -0.3 is 4.74 Å². The number of hydrogen-bond acceptors (Lipinski definition) is 3. The first-order valence-electron chi connectivity index (χ1n) is 4.63. The summed E-state index contributed by atoms with van der Waals surface area (Å²) in [6, 6.07) is 0. The molecule has 0 saturated heterocycles. The summed E-state index contributed by atoms with van der Waals surface area (Å²) in [7, 11) is 0. The first kappa shape index (κ1) is 8.63. The molecular weight excluding hydrogens is 164 g/mol. The van der Waals surface area contributed by atoms with E-state index >= 15 is 0 Å². The van der Waals surface area contributed by atoms with Gasteiger partial charge in [0.1, 0.15) is 0 Å². The molecule has 0 N–H and O–H groups in total. The minimum Gasteiger partial charge on any atom is -0.372 e. The highest BCUT2D eigenvalue weighted by atomic mass is 16.5. The van der Waals surface area contributed by atoms with Crippen LogP contribution in [0.25, 0.3) is 0 Å². The normalized spacial score (nSPS) is 15.1. The molecule has 0 aliphatic carbocycles. The highest BCUT2D eigenvalue weighted by Gasteiger charge is 2.20. The van der Waals surface area contributed by atoms with Crippen molar-refractivity contribution in [2.24, 2.45) is 0 Å². The van der Waals surface area contributed by atoms with Crippen LogP contribution in [0.5, 0.6) is 0 Å². The van der Waals surface area contributed by atoms with E-state index in [2.05, 4.69) is 24.0 Å². The first-order valence-corrected chi connectivity index (χ1v) is 4.63. The first-order chi connectivity index (χ1) is 6.20. The van der Waals surface area contributed by atoms with Crippen molar-refractivity contribution < 1.29 is 4.74 Å². The van der Waals surface area contributed by atoms with Gasteiger partial charge in [-0.05, 0) is 12.8 Å². The van der Waals surface area contributed by atoms with Crippen LogP contribution >= 0.6 is 0 Å². The molecule has 0 amide bonds. The van der Waals surface area contributed by atoms with Crippen LogP contribution in [0.15, 0.2) is 0 Å². The zero-order chi connectivity index (χ0) is 9.42. The third-order valence-electron chi connectivity index (χ3n) is 2.46. The maximum atomic E-state index is 5.41. The average Bonchev–Trinajstić information content (AvgIpc) is 2.53. The smallest absolute Gasteiger partial charge is 0.0744 e. The highest BCUT2D eigenvalue weighted by Crippen LogP contribution is 2.27. The maximum absolute atomic E-state index is 5.41. The van der Waals surface area contributed by atoms with E-state index in [1.165, 1.54) is 11.1 Å². The molecule has 3 nitrogen and oxygen atoms in total. The average molecular weight is 178 g/mol. The van der Waals surface area contributed by atoms with Crippen molar-refractivity contribution in [3.05, 3.63) is 22.5 Å². The van der Waals surface area contributed by atoms with E-state index in [0.717, 1.165) is 11.4 Å². The van der Waals surface area contributed by atoms with Gasteiger partial charge in [0.05, 0.1) is 24.6 Å². The summed E-state index contributed by atoms with van der Waals surface area (Å²) in [4.78, 5) is 0. The lowest BCUT2D eigenvalue weighted by Crippen LogP contribution is -2.04. The van der Waals surface area contributed by atoms with Crippen molar-refractivity contribution >= 4 is 0 Å². The van der Waals surface area contributed by atoms with Crippen molar-refractivity contribution in [1.82, 2.24) is 10.2 Å². The summed E-state index contributed by atoms with van der Waals surface area (Å²) < 4.78 is 5.41. The van der Waals surface area contributed by atoms with Gasteiger partial charge in [0.25, 0.3) is 0 Å². The fraction of sp³-hybridized carbons (Fsp3) is 0.600. The lowest BCUT2D eigenvalue weighted by Gasteiger charge is -2.09. The summed E-state index contributed by atoms with van der Waals surface area (Å²) in [5.41, 5.74) is 4.62. The minimum atomic E-state index is 0.434. The second-order valence-electron chi connectivity index (χ2n) is 3.78. The Hall–Kier alpha value is -0.960. The van der Waals surface area contributed by atoms with Crippen LogP contribution in [0, 0.1) is 6.92 Å². The fourth-order valence-electron chi connectivity index (χ4n) is 1.69. The molecule has 2 heterocycles. The van der Waals surface area contributed by atoms with E-state index in [0.29, 0.717) is 19.1 Å². The Morgan fingerprint density at radius 2 is 1.85 bits per heavy atom. The van der Waals surface area contributed by atoms with Gasteiger partial charge in [0.2, 0.25) is 0 Å². The monoisotopic (exact) mass is 178 g/mol. The Bertz CT molecular complexity index is 334.